The third-order valence-corrected chi connectivity index (χ3v) is 6.44. The van der Waals surface area contributed by atoms with E-state index in [2.05, 4.69) is 5.32 Å². The Morgan fingerprint density at radius 3 is 2.15 bits per heavy atom. The Morgan fingerprint density at radius 1 is 1.00 bits per heavy atom. The molecule has 10 heteroatoms. The number of benzene rings is 3. The number of carbonyl (C=O) groups is 1. The first-order valence-electron chi connectivity index (χ1n) is 10.1. The molecule has 0 saturated heterocycles. The van der Waals surface area contributed by atoms with Gasteiger partial charge in [0, 0.05) is 18.1 Å². The average Bonchev–Trinajstić information content (AvgIpc) is 3.14. The largest absolute Gasteiger partial charge is 0.449 e. The van der Waals surface area contributed by atoms with Crippen LogP contribution in [0.3, 0.4) is 0 Å². The topological polar surface area (TPSA) is 128 Å². The second-order valence-corrected chi connectivity index (χ2v) is 9.34. The highest BCUT2D eigenvalue weighted by molar-refractivity contribution is 7.52. The van der Waals surface area contributed by atoms with Crippen LogP contribution in [0.25, 0.3) is 11.1 Å². The molecule has 3 aromatic rings. The first kappa shape index (κ1) is 22.7. The molecule has 4 rings (SSSR count). The first-order chi connectivity index (χ1) is 15.8. The fraction of sp³-hybridized carbons (Fsp3) is 0.174. The molecule has 0 spiro atoms. The molecule has 1 amide bonds. The minimum Gasteiger partial charge on any atom is -0.449 e. The summed E-state index contributed by atoms with van der Waals surface area (Å²) in [5, 5.41) is 12.9. The highest BCUT2D eigenvalue weighted by atomic mass is 31.2. The molecule has 170 valence electrons. The minimum absolute atomic E-state index is 0.0826. The third kappa shape index (κ3) is 5.28. The molecule has 0 radical (unpaired) electrons. The van der Waals surface area contributed by atoms with Gasteiger partial charge in [0.1, 0.15) is 12.9 Å². The lowest BCUT2D eigenvalue weighted by atomic mass is 9.98. The molecule has 0 aliphatic heterocycles. The van der Waals surface area contributed by atoms with E-state index in [4.69, 9.17) is 9.26 Å². The van der Waals surface area contributed by atoms with Crippen molar-refractivity contribution in [3.8, 4) is 11.1 Å². The van der Waals surface area contributed by atoms with Crippen LogP contribution in [0.5, 0.6) is 0 Å². The molecule has 0 saturated carbocycles. The van der Waals surface area contributed by atoms with Crippen LogP contribution in [0, 0.1) is 10.1 Å². The van der Waals surface area contributed by atoms with Gasteiger partial charge in [-0.15, -0.1) is 0 Å². The zero-order valence-corrected chi connectivity index (χ0v) is 18.3. The van der Waals surface area contributed by atoms with Crippen molar-refractivity contribution in [2.24, 2.45) is 0 Å². The average molecular weight is 468 g/mol. The number of ether oxygens (including phenoxy) is 1. The van der Waals surface area contributed by atoms with E-state index in [-0.39, 0.29) is 24.8 Å². The Kier molecular flexibility index (Phi) is 6.55. The lowest BCUT2D eigenvalue weighted by Gasteiger charge is -2.16. The van der Waals surface area contributed by atoms with Gasteiger partial charge in [0.05, 0.1) is 11.5 Å². The molecule has 9 nitrogen and oxygen atoms in total. The van der Waals surface area contributed by atoms with Crippen molar-refractivity contribution in [3.63, 3.8) is 0 Å². The van der Waals surface area contributed by atoms with Gasteiger partial charge >= 0.3 is 13.7 Å². The van der Waals surface area contributed by atoms with Crippen molar-refractivity contribution in [1.82, 2.24) is 5.32 Å². The van der Waals surface area contributed by atoms with Gasteiger partial charge in [0.2, 0.25) is 0 Å². The molecule has 0 heterocycles. The highest BCUT2D eigenvalue weighted by Gasteiger charge is 2.29. The summed E-state index contributed by atoms with van der Waals surface area (Å²) in [6.07, 6.45) is -1.46. The predicted octanol–water partition coefficient (Wildman–Crippen LogP) is 4.79. The lowest BCUT2D eigenvalue weighted by molar-refractivity contribution is -0.384. The summed E-state index contributed by atoms with van der Waals surface area (Å²) in [5.41, 5.74) is 4.71. The third-order valence-electron chi connectivity index (χ3n) is 5.35. The molecule has 0 bridgehead atoms. The SMILES string of the molecule is O=C(NCP(=O)(O)OCc1ccc([N+](=O)[O-])cc1)OCC1c2ccccc2-c2ccccc21. The van der Waals surface area contributed by atoms with E-state index < -0.39 is 24.9 Å². The number of non-ortho nitro benzene ring substituents is 1. The summed E-state index contributed by atoms with van der Waals surface area (Å²) in [5.74, 6) is -0.123. The molecule has 1 atom stereocenters. The van der Waals surface area contributed by atoms with Gasteiger partial charge < -0.3 is 19.5 Å². The van der Waals surface area contributed by atoms with Crippen molar-refractivity contribution in [3.05, 3.63) is 99.6 Å². The molecule has 0 aromatic heterocycles. The number of nitrogens with zero attached hydrogens (tertiary/aromatic N) is 1. The van der Waals surface area contributed by atoms with Crippen molar-refractivity contribution in [2.75, 3.05) is 12.9 Å². The smallest absolute Gasteiger partial charge is 0.407 e. The molecule has 0 fully saturated rings. The van der Waals surface area contributed by atoms with Crippen molar-refractivity contribution in [2.45, 2.75) is 12.5 Å². The summed E-state index contributed by atoms with van der Waals surface area (Å²) in [7, 11) is -4.14. The van der Waals surface area contributed by atoms with E-state index in [9.17, 15) is 24.4 Å². The van der Waals surface area contributed by atoms with E-state index in [1.807, 2.05) is 48.5 Å². The Morgan fingerprint density at radius 2 is 1.58 bits per heavy atom. The number of rotatable bonds is 8. The maximum Gasteiger partial charge on any atom is 0.407 e. The van der Waals surface area contributed by atoms with Crippen LogP contribution in [0.15, 0.2) is 72.8 Å². The van der Waals surface area contributed by atoms with E-state index >= 15 is 0 Å². The molecule has 3 aromatic carbocycles. The van der Waals surface area contributed by atoms with Gasteiger partial charge in [-0.3, -0.25) is 14.7 Å². The second-order valence-electron chi connectivity index (χ2n) is 7.49. The van der Waals surface area contributed by atoms with Crippen LogP contribution >= 0.6 is 7.60 Å². The Balaban J connectivity index is 1.29. The minimum atomic E-state index is -4.14. The van der Waals surface area contributed by atoms with Crippen molar-refractivity contribution in [1.29, 1.82) is 0 Å². The number of carbonyl (C=O) groups excluding carboxylic acids is 1. The number of nitro benzene ring substituents is 1. The van der Waals surface area contributed by atoms with Crippen molar-refractivity contribution < 1.29 is 28.4 Å². The van der Waals surface area contributed by atoms with Gasteiger partial charge in [-0.1, -0.05) is 48.5 Å². The fourth-order valence-electron chi connectivity index (χ4n) is 3.75. The highest BCUT2D eigenvalue weighted by Crippen LogP contribution is 2.44. The van der Waals surface area contributed by atoms with Crippen LogP contribution in [0.2, 0.25) is 0 Å². The Bertz CT molecular complexity index is 1180. The predicted molar refractivity (Wildman–Crippen MR) is 121 cm³/mol. The Hall–Kier alpha value is -3.52. The summed E-state index contributed by atoms with van der Waals surface area (Å²) < 4.78 is 22.5. The number of nitro groups is 1. The van der Waals surface area contributed by atoms with Gasteiger partial charge in [0.15, 0.2) is 0 Å². The maximum atomic E-state index is 12.2. The van der Waals surface area contributed by atoms with E-state index in [1.165, 1.54) is 24.3 Å². The number of alkyl carbamates (subject to hydrolysis) is 1. The van der Waals surface area contributed by atoms with Crippen LogP contribution in [0.4, 0.5) is 10.5 Å². The molecule has 1 aliphatic carbocycles. The zero-order valence-electron chi connectivity index (χ0n) is 17.4. The Labute approximate surface area is 189 Å². The number of nitrogens with one attached hydrogen (secondary N) is 1. The molecule has 1 aliphatic rings. The normalized spacial score (nSPS) is 14.1. The van der Waals surface area contributed by atoms with Crippen LogP contribution < -0.4 is 5.32 Å². The number of hydrogen-bond acceptors (Lipinski definition) is 6. The quantitative estimate of drug-likeness (QED) is 0.276. The monoisotopic (exact) mass is 468 g/mol. The standard InChI is InChI=1S/C23H21N2O7P/c26-23(24-15-33(29,30)32-13-16-9-11-17(12-10-16)25(27)28)31-14-22-20-7-3-1-5-18(20)19-6-2-4-8-21(19)22/h1-12,22H,13-15H2,(H,24,26)(H,29,30). The fourth-order valence-corrected chi connectivity index (χ4v) is 4.52. The van der Waals surface area contributed by atoms with E-state index in [0.717, 1.165) is 22.3 Å². The second kappa shape index (κ2) is 9.54. The van der Waals surface area contributed by atoms with Gasteiger partial charge in [0.25, 0.3) is 5.69 Å². The molecule has 2 N–H and O–H groups in total. The number of amides is 1. The zero-order chi connectivity index (χ0) is 23.4. The number of fused-ring (bicyclic) bond motifs is 3. The van der Waals surface area contributed by atoms with Crippen LogP contribution in [0.1, 0.15) is 22.6 Å². The summed E-state index contributed by atoms with van der Waals surface area (Å²) in [4.78, 5) is 32.3. The van der Waals surface area contributed by atoms with Gasteiger partial charge in [-0.25, -0.2) is 4.79 Å². The van der Waals surface area contributed by atoms with E-state index in [0.29, 0.717) is 5.56 Å². The van der Waals surface area contributed by atoms with Gasteiger partial charge in [-0.2, -0.15) is 0 Å². The van der Waals surface area contributed by atoms with Gasteiger partial charge in [-0.05, 0) is 39.9 Å². The van der Waals surface area contributed by atoms with Crippen LogP contribution in [-0.4, -0.2) is 28.8 Å². The van der Waals surface area contributed by atoms with Crippen molar-refractivity contribution >= 4 is 19.4 Å². The summed E-state index contributed by atoms with van der Waals surface area (Å²) in [6.45, 7) is -0.155. The molecule has 1 unspecified atom stereocenters. The molecular formula is C23H21N2O7P. The lowest BCUT2D eigenvalue weighted by Crippen LogP contribution is -2.27. The van der Waals surface area contributed by atoms with E-state index in [1.54, 1.807) is 0 Å². The van der Waals surface area contributed by atoms with Crippen LogP contribution in [-0.2, 0) is 20.4 Å². The molecule has 33 heavy (non-hydrogen) atoms. The first-order valence-corrected chi connectivity index (χ1v) is 11.9. The maximum absolute atomic E-state index is 12.2. The summed E-state index contributed by atoms with van der Waals surface area (Å²) >= 11 is 0. The summed E-state index contributed by atoms with van der Waals surface area (Å²) in [6, 6.07) is 21.2. The number of hydrogen-bond donors (Lipinski definition) is 2. The molecular weight excluding hydrogens is 447 g/mol.